The molecule has 0 radical (unpaired) electrons. The second-order valence-electron chi connectivity index (χ2n) is 5.16. The lowest BCUT2D eigenvalue weighted by Gasteiger charge is -2.05. The van der Waals surface area contributed by atoms with E-state index >= 15 is 0 Å². The second kappa shape index (κ2) is 5.91. The number of nitrogens with zero attached hydrogens (tertiary/aromatic N) is 2. The number of fused-ring (bicyclic) bond motifs is 1. The summed E-state index contributed by atoms with van der Waals surface area (Å²) in [4.78, 5) is -0.222. The highest BCUT2D eigenvalue weighted by Crippen LogP contribution is 2.31. The van der Waals surface area contributed by atoms with Crippen LogP contribution in [0.1, 0.15) is 0 Å². The molecular weight excluding hydrogens is 328 g/mol. The average molecular weight is 342 g/mol. The lowest BCUT2D eigenvalue weighted by atomic mass is 10.1. The van der Waals surface area contributed by atoms with E-state index in [2.05, 4.69) is 10.2 Å². The van der Waals surface area contributed by atoms with Crippen LogP contribution in [0.25, 0.3) is 10.8 Å². The Morgan fingerprint density at radius 3 is 2.38 bits per heavy atom. The van der Waals surface area contributed by atoms with Crippen molar-refractivity contribution in [2.24, 2.45) is 10.2 Å². The van der Waals surface area contributed by atoms with E-state index in [0.29, 0.717) is 27.8 Å². The molecule has 0 atom stereocenters. The van der Waals surface area contributed by atoms with E-state index in [9.17, 15) is 13.0 Å². The molecule has 0 saturated heterocycles. The Morgan fingerprint density at radius 2 is 1.67 bits per heavy atom. The first kappa shape index (κ1) is 15.9. The van der Waals surface area contributed by atoms with E-state index in [1.54, 1.807) is 48.5 Å². The minimum atomic E-state index is -4.39. The van der Waals surface area contributed by atoms with Crippen LogP contribution >= 0.6 is 0 Å². The molecule has 3 rings (SSSR count). The highest BCUT2D eigenvalue weighted by atomic mass is 32.2. The van der Waals surface area contributed by atoms with Crippen LogP contribution in [0, 0.1) is 0 Å². The molecule has 0 aliphatic carbocycles. The molecule has 0 unspecified atom stereocenters. The zero-order valence-corrected chi connectivity index (χ0v) is 13.2. The van der Waals surface area contributed by atoms with Crippen molar-refractivity contribution in [2.45, 2.75) is 4.90 Å². The molecule has 3 aromatic rings. The van der Waals surface area contributed by atoms with Gasteiger partial charge in [0.15, 0.2) is 0 Å². The third-order valence-corrected chi connectivity index (χ3v) is 4.30. The maximum atomic E-state index is 11.6. The van der Waals surface area contributed by atoms with E-state index in [0.717, 1.165) is 0 Å². The van der Waals surface area contributed by atoms with Gasteiger partial charge in [-0.25, -0.2) is 0 Å². The quantitative estimate of drug-likeness (QED) is 0.379. The van der Waals surface area contributed by atoms with Crippen molar-refractivity contribution in [3.05, 3.63) is 54.6 Å². The fourth-order valence-corrected chi connectivity index (χ4v) is 3.04. The first-order valence-electron chi connectivity index (χ1n) is 6.91. The average Bonchev–Trinajstić information content (AvgIpc) is 2.52. The molecule has 3 aromatic carbocycles. The van der Waals surface area contributed by atoms with E-state index in [1.165, 1.54) is 6.07 Å². The molecule has 0 heterocycles. The van der Waals surface area contributed by atoms with Gasteiger partial charge in [-0.2, -0.15) is 13.5 Å². The summed E-state index contributed by atoms with van der Waals surface area (Å²) < 4.78 is 32.7. The fourth-order valence-electron chi connectivity index (χ4n) is 2.31. The van der Waals surface area contributed by atoms with Gasteiger partial charge in [-0.15, -0.1) is 5.11 Å². The highest BCUT2D eigenvalue weighted by molar-refractivity contribution is 7.86. The van der Waals surface area contributed by atoms with Crippen LogP contribution in [-0.2, 0) is 10.1 Å². The number of anilines is 2. The maximum Gasteiger partial charge on any atom is 0.295 e. The van der Waals surface area contributed by atoms with Crippen molar-refractivity contribution in [1.82, 2.24) is 0 Å². The lowest BCUT2D eigenvalue weighted by Crippen LogP contribution is -1.98. The molecule has 8 heteroatoms. The summed E-state index contributed by atoms with van der Waals surface area (Å²) in [5.41, 5.74) is 13.0. The maximum absolute atomic E-state index is 11.6. The number of nitrogens with two attached hydrogens (primary N) is 2. The molecule has 0 amide bonds. The van der Waals surface area contributed by atoms with Crippen molar-refractivity contribution >= 4 is 43.6 Å². The Hall–Kier alpha value is -2.97. The predicted molar refractivity (Wildman–Crippen MR) is 93.2 cm³/mol. The Bertz CT molecular complexity index is 1060. The number of hydrogen-bond acceptors (Lipinski definition) is 6. The zero-order chi connectivity index (χ0) is 17.3. The Kier molecular flexibility index (Phi) is 3.92. The first-order valence-corrected chi connectivity index (χ1v) is 8.35. The minimum Gasteiger partial charge on any atom is -0.399 e. The molecule has 24 heavy (non-hydrogen) atoms. The summed E-state index contributed by atoms with van der Waals surface area (Å²) in [6, 6.07) is 14.5. The molecule has 0 spiro atoms. The van der Waals surface area contributed by atoms with E-state index in [4.69, 9.17) is 11.5 Å². The monoisotopic (exact) mass is 342 g/mol. The van der Waals surface area contributed by atoms with Gasteiger partial charge >= 0.3 is 0 Å². The van der Waals surface area contributed by atoms with Crippen molar-refractivity contribution < 1.29 is 13.0 Å². The number of nitrogen functional groups attached to an aromatic ring is 2. The number of rotatable bonds is 3. The predicted octanol–water partition coefficient (Wildman–Crippen LogP) is 3.67. The van der Waals surface area contributed by atoms with Gasteiger partial charge < -0.3 is 11.5 Å². The topological polar surface area (TPSA) is 131 Å². The largest absolute Gasteiger partial charge is 0.399 e. The zero-order valence-electron chi connectivity index (χ0n) is 12.4. The third-order valence-electron chi connectivity index (χ3n) is 3.41. The Balaban J connectivity index is 2.12. The van der Waals surface area contributed by atoms with Gasteiger partial charge in [-0.1, -0.05) is 24.3 Å². The molecule has 122 valence electrons. The van der Waals surface area contributed by atoms with Crippen LogP contribution in [0.15, 0.2) is 69.7 Å². The normalized spacial score (nSPS) is 12.0. The van der Waals surface area contributed by atoms with Gasteiger partial charge in [-0.05, 0) is 35.7 Å². The van der Waals surface area contributed by atoms with Gasteiger partial charge in [0.2, 0.25) is 0 Å². The van der Waals surface area contributed by atoms with Crippen molar-refractivity contribution in [1.29, 1.82) is 0 Å². The van der Waals surface area contributed by atoms with Crippen LogP contribution in [0.4, 0.5) is 22.7 Å². The number of benzene rings is 3. The highest BCUT2D eigenvalue weighted by Gasteiger charge is 2.15. The van der Waals surface area contributed by atoms with Gasteiger partial charge in [0.1, 0.15) is 10.6 Å². The lowest BCUT2D eigenvalue weighted by molar-refractivity contribution is 0.484. The Morgan fingerprint density at radius 1 is 0.917 bits per heavy atom. The van der Waals surface area contributed by atoms with Crippen molar-refractivity contribution in [3.8, 4) is 0 Å². The summed E-state index contributed by atoms with van der Waals surface area (Å²) in [6.45, 7) is 0. The molecule has 7 nitrogen and oxygen atoms in total. The summed E-state index contributed by atoms with van der Waals surface area (Å²) in [5, 5.41) is 9.06. The molecule has 0 saturated carbocycles. The van der Waals surface area contributed by atoms with E-state index < -0.39 is 10.1 Å². The SMILES string of the molecule is Nc1ccc(N=Nc2cc(S(=O)(=O)O)c3ccccc3c2)c(N)c1. The van der Waals surface area contributed by atoms with Crippen LogP contribution in [-0.4, -0.2) is 13.0 Å². The summed E-state index contributed by atoms with van der Waals surface area (Å²) in [6.07, 6.45) is 0. The smallest absolute Gasteiger partial charge is 0.295 e. The van der Waals surface area contributed by atoms with E-state index in [-0.39, 0.29) is 10.6 Å². The molecule has 0 fully saturated rings. The minimum absolute atomic E-state index is 0.222. The molecular formula is C16H14N4O3S. The summed E-state index contributed by atoms with van der Waals surface area (Å²) in [7, 11) is -4.39. The molecule has 5 N–H and O–H groups in total. The van der Waals surface area contributed by atoms with E-state index in [1.807, 2.05) is 0 Å². The van der Waals surface area contributed by atoms with Crippen LogP contribution in [0.2, 0.25) is 0 Å². The molecule has 0 aromatic heterocycles. The number of azo groups is 1. The van der Waals surface area contributed by atoms with Gasteiger partial charge in [0.25, 0.3) is 10.1 Å². The van der Waals surface area contributed by atoms with Crippen LogP contribution in [0.5, 0.6) is 0 Å². The van der Waals surface area contributed by atoms with Crippen molar-refractivity contribution in [3.63, 3.8) is 0 Å². The fraction of sp³-hybridized carbons (Fsp3) is 0. The van der Waals surface area contributed by atoms with Gasteiger partial charge in [0.05, 0.1) is 11.4 Å². The first-order chi connectivity index (χ1) is 11.3. The standard InChI is InChI=1S/C16H14N4O3S/c17-11-5-6-15(14(18)8-11)20-19-12-7-10-3-1-2-4-13(10)16(9-12)24(21,22)23/h1-9H,17-18H2,(H,21,22,23). The van der Waals surface area contributed by atoms with Crippen LogP contribution < -0.4 is 11.5 Å². The van der Waals surface area contributed by atoms with Crippen molar-refractivity contribution in [2.75, 3.05) is 11.5 Å². The summed E-state index contributed by atoms with van der Waals surface area (Å²) in [5.74, 6) is 0. The molecule has 0 aliphatic heterocycles. The second-order valence-corrected chi connectivity index (χ2v) is 6.55. The van der Waals surface area contributed by atoms with Crippen LogP contribution in [0.3, 0.4) is 0 Å². The molecule has 0 aliphatic rings. The van der Waals surface area contributed by atoms with Gasteiger partial charge in [0, 0.05) is 11.1 Å². The summed E-state index contributed by atoms with van der Waals surface area (Å²) >= 11 is 0. The number of hydrogen-bond donors (Lipinski definition) is 3. The van der Waals surface area contributed by atoms with Gasteiger partial charge in [-0.3, -0.25) is 4.55 Å². The molecule has 0 bridgehead atoms. The third kappa shape index (κ3) is 3.19. The Labute approximate surface area is 138 Å².